The molecule has 7 nitrogen and oxygen atoms in total. The Morgan fingerprint density at radius 2 is 1.73 bits per heavy atom. The molecule has 6 aliphatic rings. The molecule has 0 aromatic rings. The fourth-order valence-corrected chi connectivity index (χ4v) is 12.9. The van der Waals surface area contributed by atoms with Gasteiger partial charge < -0.3 is 29.7 Å². The maximum atomic E-state index is 12.4. The van der Waals surface area contributed by atoms with Crippen LogP contribution in [-0.2, 0) is 14.2 Å². The molecule has 1 saturated heterocycles. The molecule has 5 saturated carbocycles. The van der Waals surface area contributed by atoms with Gasteiger partial charge in [-0.3, -0.25) is 0 Å². The largest absolute Gasteiger partial charge is 0.446 e. The van der Waals surface area contributed by atoms with Crippen LogP contribution in [0.3, 0.4) is 0 Å². The Balaban J connectivity index is 1.31. The normalized spacial score (nSPS) is 52.2. The second-order valence-electron chi connectivity index (χ2n) is 16.7. The molecule has 7 heteroatoms. The van der Waals surface area contributed by atoms with Gasteiger partial charge in [0.1, 0.15) is 12.2 Å². The van der Waals surface area contributed by atoms with Crippen molar-refractivity contribution < 1.29 is 29.2 Å². The molecule has 41 heavy (non-hydrogen) atoms. The van der Waals surface area contributed by atoms with Crippen molar-refractivity contribution in [3.8, 4) is 0 Å². The first-order chi connectivity index (χ1) is 19.0. The van der Waals surface area contributed by atoms with E-state index in [0.29, 0.717) is 30.3 Å². The Morgan fingerprint density at radius 3 is 2.37 bits per heavy atom. The lowest BCUT2D eigenvalue weighted by Gasteiger charge is -2.63. The number of carbonyl (C=O) groups is 1. The average molecular weight is 576 g/mol. The smallest absolute Gasteiger partial charge is 0.407 e. The van der Waals surface area contributed by atoms with Crippen LogP contribution in [0.2, 0.25) is 0 Å². The monoisotopic (exact) mass is 575 g/mol. The van der Waals surface area contributed by atoms with Crippen LogP contribution in [-0.4, -0.2) is 66.1 Å². The van der Waals surface area contributed by atoms with Crippen molar-refractivity contribution in [2.75, 3.05) is 13.7 Å². The number of aliphatic hydroxyl groups is 2. The number of rotatable bonds is 5. The number of amides is 1. The van der Waals surface area contributed by atoms with E-state index in [4.69, 9.17) is 14.2 Å². The highest BCUT2D eigenvalue weighted by atomic mass is 16.6. The molecule has 0 bridgehead atoms. The molecular weight excluding hydrogens is 518 g/mol. The van der Waals surface area contributed by atoms with Gasteiger partial charge in [0.15, 0.2) is 0 Å². The molecule has 1 amide bonds. The molecule has 13 atom stereocenters. The van der Waals surface area contributed by atoms with Crippen molar-refractivity contribution in [2.45, 2.75) is 143 Å². The van der Waals surface area contributed by atoms with Crippen LogP contribution in [0, 0.1) is 50.7 Å². The summed E-state index contributed by atoms with van der Waals surface area (Å²) in [6, 6.07) is 0. The van der Waals surface area contributed by atoms with Crippen LogP contribution in [0.1, 0.15) is 107 Å². The topological polar surface area (TPSA) is 97.3 Å². The summed E-state index contributed by atoms with van der Waals surface area (Å²) in [5.74, 6) is 1.66. The lowest BCUT2D eigenvalue weighted by atomic mass is 9.41. The number of fused-ring (bicyclic) bond motifs is 4. The molecule has 1 aliphatic heterocycles. The molecule has 234 valence electrons. The van der Waals surface area contributed by atoms with Crippen LogP contribution in [0.25, 0.3) is 0 Å². The van der Waals surface area contributed by atoms with Crippen molar-refractivity contribution in [3.63, 3.8) is 0 Å². The van der Waals surface area contributed by atoms with Crippen molar-refractivity contribution in [3.05, 3.63) is 0 Å². The van der Waals surface area contributed by atoms with E-state index in [1.165, 1.54) is 12.8 Å². The Morgan fingerprint density at radius 1 is 1.07 bits per heavy atom. The molecule has 3 N–H and O–H groups in total. The third-order valence-corrected chi connectivity index (χ3v) is 14.6. The molecule has 0 radical (unpaired) electrons. The van der Waals surface area contributed by atoms with Gasteiger partial charge in [-0.15, -0.1) is 0 Å². The second kappa shape index (κ2) is 9.31. The standard InChI is InChI=1S/C34H57NO6/c1-10-39-27(30(5,6)38)20-17-19(2)24-25(40-20)26(36)32(8)22-12-11-21-29(3,4)23(41-28(37)35-9)13-14-33(21)18-34(22,33)16-15-31(24,32)7/h19-27,36,38H,10-18H2,1-9H3,(H,35,37)/t19-,20?,21+,22?,23?,24+,25?,26+,27+,31-,32-,33-,34+/m1/s1. The fraction of sp³-hybridized carbons (Fsp3) is 0.971. The quantitative estimate of drug-likeness (QED) is 0.389. The first-order valence-electron chi connectivity index (χ1n) is 16.6. The van der Waals surface area contributed by atoms with Gasteiger partial charge in [-0.25, -0.2) is 4.79 Å². The predicted molar refractivity (Wildman–Crippen MR) is 157 cm³/mol. The number of nitrogens with one attached hydrogen (secondary N) is 1. The Hall–Kier alpha value is -0.890. The number of aliphatic hydroxyl groups excluding tert-OH is 1. The number of carbonyl (C=O) groups excluding carboxylic acids is 1. The summed E-state index contributed by atoms with van der Waals surface area (Å²) in [7, 11) is 1.64. The van der Waals surface area contributed by atoms with Crippen LogP contribution in [0.15, 0.2) is 0 Å². The minimum Gasteiger partial charge on any atom is -0.446 e. The van der Waals surface area contributed by atoms with Gasteiger partial charge in [-0.05, 0) is 112 Å². The maximum Gasteiger partial charge on any atom is 0.407 e. The number of alkyl carbamates (subject to hydrolysis) is 1. The zero-order valence-corrected chi connectivity index (χ0v) is 27.1. The van der Waals surface area contributed by atoms with Crippen molar-refractivity contribution >= 4 is 6.09 Å². The maximum absolute atomic E-state index is 12.4. The zero-order valence-electron chi connectivity index (χ0n) is 27.1. The van der Waals surface area contributed by atoms with E-state index >= 15 is 0 Å². The summed E-state index contributed by atoms with van der Waals surface area (Å²) >= 11 is 0. The van der Waals surface area contributed by atoms with E-state index < -0.39 is 17.8 Å². The summed E-state index contributed by atoms with van der Waals surface area (Å²) in [5, 5.41) is 26.1. The summed E-state index contributed by atoms with van der Waals surface area (Å²) in [4.78, 5) is 12.2. The van der Waals surface area contributed by atoms with Crippen LogP contribution in [0.4, 0.5) is 4.79 Å². The van der Waals surface area contributed by atoms with E-state index in [1.54, 1.807) is 7.05 Å². The van der Waals surface area contributed by atoms with Gasteiger partial charge in [0, 0.05) is 24.5 Å². The lowest BCUT2D eigenvalue weighted by molar-refractivity contribution is -0.215. The fourth-order valence-electron chi connectivity index (χ4n) is 12.9. The molecule has 0 aromatic carbocycles. The number of ether oxygens (including phenoxy) is 3. The van der Waals surface area contributed by atoms with E-state index in [-0.39, 0.29) is 51.5 Å². The first-order valence-corrected chi connectivity index (χ1v) is 16.6. The van der Waals surface area contributed by atoms with Gasteiger partial charge in [0.2, 0.25) is 0 Å². The third-order valence-electron chi connectivity index (χ3n) is 14.6. The summed E-state index contributed by atoms with van der Waals surface area (Å²) in [6.07, 6.45) is 6.94. The highest BCUT2D eigenvalue weighted by molar-refractivity contribution is 5.67. The van der Waals surface area contributed by atoms with Gasteiger partial charge in [-0.2, -0.15) is 0 Å². The minimum absolute atomic E-state index is 0.00110. The molecule has 1 heterocycles. The Bertz CT molecular complexity index is 1060. The highest BCUT2D eigenvalue weighted by Gasteiger charge is 2.84. The third kappa shape index (κ3) is 3.73. The van der Waals surface area contributed by atoms with Gasteiger partial charge in [-0.1, -0.05) is 34.6 Å². The van der Waals surface area contributed by atoms with Gasteiger partial charge in [0.25, 0.3) is 0 Å². The first kappa shape index (κ1) is 30.1. The average Bonchev–Trinajstić information content (AvgIpc) is 3.52. The van der Waals surface area contributed by atoms with Crippen LogP contribution >= 0.6 is 0 Å². The Kier molecular flexibility index (Phi) is 6.85. The molecule has 0 aromatic heterocycles. The minimum atomic E-state index is -1.02. The van der Waals surface area contributed by atoms with Crippen LogP contribution < -0.4 is 5.32 Å². The number of hydrogen-bond donors (Lipinski definition) is 3. The van der Waals surface area contributed by atoms with Gasteiger partial charge in [0.05, 0.1) is 23.9 Å². The highest BCUT2D eigenvalue weighted by Crippen LogP contribution is 2.89. The van der Waals surface area contributed by atoms with Crippen molar-refractivity contribution in [1.82, 2.24) is 5.32 Å². The molecule has 6 fully saturated rings. The SMILES string of the molecule is CCO[C@@H](C1C[C@@H](C)[C@H]2C(O1)[C@H](O)[C@@]1(C)C3CC[C@H]4C(C)(C)C(OC(=O)NC)CC[C@@]45C[C@@]35CC[C@]21C)C(C)(C)O. The molecular formula is C34H57NO6. The molecule has 5 aliphatic carbocycles. The number of hydrogen-bond acceptors (Lipinski definition) is 6. The van der Waals surface area contributed by atoms with Crippen LogP contribution in [0.5, 0.6) is 0 Å². The summed E-state index contributed by atoms with van der Waals surface area (Å²) < 4.78 is 18.9. The summed E-state index contributed by atoms with van der Waals surface area (Å²) in [5.41, 5.74) is -0.771. The van der Waals surface area contributed by atoms with E-state index in [2.05, 4.69) is 39.9 Å². The van der Waals surface area contributed by atoms with E-state index in [9.17, 15) is 15.0 Å². The lowest BCUT2D eigenvalue weighted by Crippen LogP contribution is -2.60. The van der Waals surface area contributed by atoms with E-state index in [0.717, 1.165) is 38.5 Å². The molecule has 6 rings (SSSR count). The van der Waals surface area contributed by atoms with Crippen molar-refractivity contribution in [1.29, 1.82) is 0 Å². The van der Waals surface area contributed by atoms with E-state index in [1.807, 2.05) is 20.8 Å². The summed E-state index contributed by atoms with van der Waals surface area (Å²) in [6.45, 7) is 18.0. The molecule has 2 spiro atoms. The van der Waals surface area contributed by atoms with Gasteiger partial charge >= 0.3 is 6.09 Å². The van der Waals surface area contributed by atoms with Crippen molar-refractivity contribution in [2.24, 2.45) is 50.7 Å². The zero-order chi connectivity index (χ0) is 30.0. The molecule has 4 unspecified atom stereocenters. The Labute approximate surface area is 247 Å². The predicted octanol–water partition coefficient (Wildman–Crippen LogP) is 5.70. The second-order valence-corrected chi connectivity index (χ2v) is 16.7.